The first-order chi connectivity index (χ1) is 8.02. The maximum atomic E-state index is 11.6. The third-order valence-electron chi connectivity index (χ3n) is 3.54. The molecular formula is C11H18N2O4. The molecule has 6 nitrogen and oxygen atoms in total. The van der Waals surface area contributed by atoms with E-state index in [2.05, 4.69) is 10.6 Å². The lowest BCUT2D eigenvalue weighted by Gasteiger charge is -2.26. The van der Waals surface area contributed by atoms with Gasteiger partial charge in [0.25, 0.3) is 0 Å². The van der Waals surface area contributed by atoms with Gasteiger partial charge >= 0.3 is 12.0 Å². The summed E-state index contributed by atoms with van der Waals surface area (Å²) in [6, 6.07) is -0.366. The Morgan fingerprint density at radius 2 is 1.71 bits per heavy atom. The molecule has 2 fully saturated rings. The third-order valence-corrected chi connectivity index (χ3v) is 3.54. The first kappa shape index (κ1) is 12.2. The molecule has 2 saturated carbocycles. The van der Waals surface area contributed by atoms with Gasteiger partial charge in [0.1, 0.15) is 5.54 Å². The van der Waals surface area contributed by atoms with Crippen molar-refractivity contribution < 1.29 is 19.8 Å². The van der Waals surface area contributed by atoms with Crippen molar-refractivity contribution in [2.45, 2.75) is 56.2 Å². The van der Waals surface area contributed by atoms with Crippen LogP contribution in [0.15, 0.2) is 0 Å². The Morgan fingerprint density at radius 3 is 2.18 bits per heavy atom. The van der Waals surface area contributed by atoms with Crippen LogP contribution in [0, 0.1) is 0 Å². The van der Waals surface area contributed by atoms with Gasteiger partial charge in [-0.15, -0.1) is 0 Å². The fourth-order valence-corrected chi connectivity index (χ4v) is 2.18. The van der Waals surface area contributed by atoms with Crippen molar-refractivity contribution in [1.82, 2.24) is 10.6 Å². The number of carbonyl (C=O) groups is 2. The fourth-order valence-electron chi connectivity index (χ4n) is 2.18. The molecule has 0 spiro atoms. The summed E-state index contributed by atoms with van der Waals surface area (Å²) < 4.78 is 0. The third kappa shape index (κ3) is 2.88. The highest BCUT2D eigenvalue weighted by Crippen LogP contribution is 2.35. The number of hydrogen-bond acceptors (Lipinski definition) is 3. The largest absolute Gasteiger partial charge is 0.480 e. The second-order valence-electron chi connectivity index (χ2n) is 4.99. The summed E-state index contributed by atoms with van der Waals surface area (Å²) >= 11 is 0. The van der Waals surface area contributed by atoms with Crippen molar-refractivity contribution in [3.05, 3.63) is 0 Å². The summed E-state index contributed by atoms with van der Waals surface area (Å²) in [4.78, 5) is 22.5. The molecule has 0 bridgehead atoms. The first-order valence-electron chi connectivity index (χ1n) is 6.02. The van der Waals surface area contributed by atoms with Gasteiger partial charge in [0.15, 0.2) is 0 Å². The number of carboxylic acids is 1. The average Bonchev–Trinajstić information content (AvgIpc) is 3.02. The van der Waals surface area contributed by atoms with E-state index in [-0.39, 0.29) is 12.1 Å². The van der Waals surface area contributed by atoms with E-state index in [0.29, 0.717) is 25.7 Å². The van der Waals surface area contributed by atoms with Crippen molar-refractivity contribution in [1.29, 1.82) is 0 Å². The number of carbonyl (C=O) groups excluding carboxylic acids is 1. The number of rotatable bonds is 3. The molecular weight excluding hydrogens is 224 g/mol. The summed E-state index contributed by atoms with van der Waals surface area (Å²) in [6.07, 6.45) is 3.61. The van der Waals surface area contributed by atoms with Crippen LogP contribution in [0.5, 0.6) is 0 Å². The maximum Gasteiger partial charge on any atom is 0.329 e. The van der Waals surface area contributed by atoms with E-state index in [1.807, 2.05) is 0 Å². The van der Waals surface area contributed by atoms with Gasteiger partial charge in [-0.2, -0.15) is 0 Å². The van der Waals surface area contributed by atoms with Gasteiger partial charge in [-0.1, -0.05) is 0 Å². The zero-order valence-corrected chi connectivity index (χ0v) is 9.61. The van der Waals surface area contributed by atoms with E-state index in [4.69, 9.17) is 5.11 Å². The lowest BCUT2D eigenvalue weighted by molar-refractivity contribution is -0.140. The zero-order chi connectivity index (χ0) is 12.5. The van der Waals surface area contributed by atoms with E-state index in [9.17, 15) is 14.7 Å². The van der Waals surface area contributed by atoms with Crippen LogP contribution in [0.4, 0.5) is 4.79 Å². The molecule has 0 unspecified atom stereocenters. The van der Waals surface area contributed by atoms with E-state index < -0.39 is 17.5 Å². The molecule has 0 aromatic carbocycles. The summed E-state index contributed by atoms with van der Waals surface area (Å²) in [7, 11) is 0. The summed E-state index contributed by atoms with van der Waals surface area (Å²) in [6.45, 7) is 0. The molecule has 2 aliphatic rings. The Labute approximate surface area is 99.4 Å². The number of hydrogen-bond donors (Lipinski definition) is 4. The van der Waals surface area contributed by atoms with Crippen molar-refractivity contribution >= 4 is 12.0 Å². The Morgan fingerprint density at radius 1 is 1.12 bits per heavy atom. The maximum absolute atomic E-state index is 11.6. The van der Waals surface area contributed by atoms with Crippen molar-refractivity contribution in [2.75, 3.05) is 0 Å². The topological polar surface area (TPSA) is 98.7 Å². The number of nitrogens with one attached hydrogen (secondary N) is 2. The van der Waals surface area contributed by atoms with Crippen LogP contribution < -0.4 is 10.6 Å². The van der Waals surface area contributed by atoms with Gasteiger partial charge in [0.2, 0.25) is 0 Å². The molecule has 96 valence electrons. The molecule has 4 N–H and O–H groups in total. The molecule has 0 aromatic rings. The number of aliphatic carboxylic acids is 1. The van der Waals surface area contributed by atoms with Crippen molar-refractivity contribution in [3.63, 3.8) is 0 Å². The average molecular weight is 242 g/mol. The number of amides is 2. The minimum atomic E-state index is -1.03. The number of aliphatic hydroxyl groups excluding tert-OH is 1. The van der Waals surface area contributed by atoms with Gasteiger partial charge < -0.3 is 20.8 Å². The standard InChI is InChI=1S/C11H18N2O4/c14-8-3-1-7(2-4-8)12-10(17)13-11(5-6-11)9(15)16/h7-8,14H,1-6H2,(H,15,16)(H2,12,13,17). The second kappa shape index (κ2) is 4.52. The Kier molecular flexibility index (Phi) is 3.24. The van der Waals surface area contributed by atoms with Gasteiger partial charge in [0.05, 0.1) is 6.10 Å². The van der Waals surface area contributed by atoms with Crippen LogP contribution >= 0.6 is 0 Å². The minimum Gasteiger partial charge on any atom is -0.480 e. The SMILES string of the molecule is O=C(NC1CCC(O)CC1)NC1(C(=O)O)CC1. The molecule has 0 aromatic heterocycles. The van der Waals surface area contributed by atoms with Crippen LogP contribution in [0.25, 0.3) is 0 Å². The van der Waals surface area contributed by atoms with Crippen LogP contribution in [0.1, 0.15) is 38.5 Å². The van der Waals surface area contributed by atoms with Gasteiger partial charge in [-0.25, -0.2) is 9.59 Å². The fraction of sp³-hybridized carbons (Fsp3) is 0.818. The molecule has 0 atom stereocenters. The smallest absolute Gasteiger partial charge is 0.329 e. The predicted octanol–water partition coefficient (Wildman–Crippen LogP) is 0.206. The molecule has 6 heteroatoms. The predicted molar refractivity (Wildman–Crippen MR) is 59.5 cm³/mol. The Bertz CT molecular complexity index is 319. The highest BCUT2D eigenvalue weighted by atomic mass is 16.4. The van der Waals surface area contributed by atoms with Crippen LogP contribution in [0.2, 0.25) is 0 Å². The number of aliphatic hydroxyl groups is 1. The van der Waals surface area contributed by atoms with Crippen LogP contribution in [0.3, 0.4) is 0 Å². The second-order valence-corrected chi connectivity index (χ2v) is 4.99. The molecule has 0 aliphatic heterocycles. The molecule has 2 rings (SSSR count). The highest BCUT2D eigenvalue weighted by Gasteiger charge is 2.51. The van der Waals surface area contributed by atoms with Crippen LogP contribution in [-0.4, -0.2) is 39.9 Å². The lowest BCUT2D eigenvalue weighted by Crippen LogP contribution is -2.51. The van der Waals surface area contributed by atoms with Crippen molar-refractivity contribution in [2.24, 2.45) is 0 Å². The van der Waals surface area contributed by atoms with Gasteiger partial charge in [0, 0.05) is 6.04 Å². The van der Waals surface area contributed by atoms with E-state index in [1.165, 1.54) is 0 Å². The van der Waals surface area contributed by atoms with Crippen LogP contribution in [-0.2, 0) is 4.79 Å². The zero-order valence-electron chi connectivity index (χ0n) is 9.61. The summed E-state index contributed by atoms with van der Waals surface area (Å²) in [5.74, 6) is -0.966. The monoisotopic (exact) mass is 242 g/mol. The lowest BCUT2D eigenvalue weighted by atomic mass is 9.93. The Hall–Kier alpha value is -1.30. The molecule has 0 radical (unpaired) electrons. The van der Waals surface area contributed by atoms with Crippen molar-refractivity contribution in [3.8, 4) is 0 Å². The molecule has 0 saturated heterocycles. The van der Waals surface area contributed by atoms with Gasteiger partial charge in [-0.05, 0) is 38.5 Å². The van der Waals surface area contributed by atoms with E-state index >= 15 is 0 Å². The molecule has 0 heterocycles. The summed E-state index contributed by atoms with van der Waals surface area (Å²) in [5.41, 5.74) is -1.03. The van der Waals surface area contributed by atoms with Gasteiger partial charge in [-0.3, -0.25) is 0 Å². The highest BCUT2D eigenvalue weighted by molar-refractivity contribution is 5.88. The van der Waals surface area contributed by atoms with E-state index in [0.717, 1.165) is 12.8 Å². The normalized spacial score (nSPS) is 30.4. The Balaban J connectivity index is 1.76. The molecule has 17 heavy (non-hydrogen) atoms. The quantitative estimate of drug-likeness (QED) is 0.568. The van der Waals surface area contributed by atoms with E-state index in [1.54, 1.807) is 0 Å². The minimum absolute atomic E-state index is 0.0444. The number of urea groups is 1. The molecule has 2 aliphatic carbocycles. The first-order valence-corrected chi connectivity index (χ1v) is 6.02. The number of carboxylic acid groups (broad SMARTS) is 1. The summed E-state index contributed by atoms with van der Waals surface area (Å²) in [5, 5.41) is 23.5. The molecule has 2 amide bonds.